The molecule has 0 amide bonds. The van der Waals surface area contributed by atoms with E-state index in [0.29, 0.717) is 31.5 Å². The summed E-state index contributed by atoms with van der Waals surface area (Å²) in [4.78, 5) is 29.5. The van der Waals surface area contributed by atoms with Crippen LogP contribution in [-0.2, 0) is 6.42 Å². The molecule has 6 nitrogen and oxygen atoms in total. The van der Waals surface area contributed by atoms with E-state index in [2.05, 4.69) is 10.1 Å². The number of aromatic amines is 1. The van der Waals surface area contributed by atoms with Crippen LogP contribution in [0.1, 0.15) is 50.9 Å². The third kappa shape index (κ3) is 5.94. The number of rotatable bonds is 7. The molecule has 1 fully saturated rings. The van der Waals surface area contributed by atoms with Crippen LogP contribution in [0.25, 0.3) is 0 Å². The molecule has 0 spiro atoms. The molecule has 1 aromatic carbocycles. The molecule has 0 atom stereocenters. The summed E-state index contributed by atoms with van der Waals surface area (Å²) in [5.41, 5.74) is 0.455. The number of alkyl halides is 3. The average Bonchev–Trinajstić information content (AvgIpc) is 3.46. The largest absolute Gasteiger partial charge is 0.401 e. The van der Waals surface area contributed by atoms with Crippen molar-refractivity contribution in [1.82, 2.24) is 19.7 Å². The Morgan fingerprint density at radius 3 is 2.51 bits per heavy atom. The first kappa shape index (κ1) is 25.4. The fraction of sp³-hybridized carbons (Fsp3) is 0.348. The molecule has 0 bridgehead atoms. The van der Waals surface area contributed by atoms with Crippen molar-refractivity contribution in [3.63, 3.8) is 0 Å². The normalized spacial score (nSPS) is 15.5. The Kier molecular flexibility index (Phi) is 7.35. The zero-order valence-corrected chi connectivity index (χ0v) is 19.7. The van der Waals surface area contributed by atoms with E-state index >= 15 is 0 Å². The Morgan fingerprint density at radius 1 is 1.14 bits per heavy atom. The van der Waals surface area contributed by atoms with Crippen molar-refractivity contribution in [2.45, 2.75) is 31.5 Å². The van der Waals surface area contributed by atoms with Crippen molar-refractivity contribution in [2.24, 2.45) is 0 Å². The zero-order valence-electron chi connectivity index (χ0n) is 18.2. The van der Waals surface area contributed by atoms with E-state index in [-0.39, 0.29) is 45.1 Å². The molecule has 4 rings (SSSR count). The number of halogens is 6. The van der Waals surface area contributed by atoms with E-state index in [9.17, 15) is 27.2 Å². The predicted octanol–water partition coefficient (Wildman–Crippen LogP) is 5.51. The van der Waals surface area contributed by atoms with Crippen LogP contribution in [0.3, 0.4) is 0 Å². The molecule has 0 saturated carbocycles. The minimum absolute atomic E-state index is 0.00660. The third-order valence-corrected chi connectivity index (χ3v) is 6.48. The van der Waals surface area contributed by atoms with Gasteiger partial charge in [-0.1, -0.05) is 23.2 Å². The number of carbonyl (C=O) groups is 2. The van der Waals surface area contributed by atoms with E-state index < -0.39 is 24.3 Å². The van der Waals surface area contributed by atoms with E-state index in [0.717, 1.165) is 0 Å². The molecule has 3 heterocycles. The van der Waals surface area contributed by atoms with Gasteiger partial charge in [0.2, 0.25) is 0 Å². The minimum atomic E-state index is -4.22. The second kappa shape index (κ2) is 10.1. The number of aromatic nitrogens is 3. The topological polar surface area (TPSA) is 71.0 Å². The Hall–Kier alpha value is -2.69. The highest BCUT2D eigenvalue weighted by Crippen LogP contribution is 2.28. The van der Waals surface area contributed by atoms with Gasteiger partial charge in [-0.05, 0) is 36.6 Å². The summed E-state index contributed by atoms with van der Waals surface area (Å²) < 4.78 is 53.7. The molecule has 2 aromatic heterocycles. The van der Waals surface area contributed by atoms with Gasteiger partial charge in [0.15, 0.2) is 17.4 Å². The molecule has 0 unspecified atom stereocenters. The minimum Gasteiger partial charge on any atom is -0.358 e. The molecule has 1 saturated heterocycles. The number of hydrogen-bond donors (Lipinski definition) is 1. The molecule has 12 heteroatoms. The lowest BCUT2D eigenvalue weighted by Gasteiger charge is -2.32. The number of Topliss-reactive ketones (excluding diaryl/α,β-unsaturated/α-hetero) is 1. The maximum Gasteiger partial charge on any atom is 0.401 e. The number of likely N-dealkylation sites (tertiary alicyclic amines) is 1. The summed E-state index contributed by atoms with van der Waals surface area (Å²) in [5.74, 6) is -1.97. The first-order valence-electron chi connectivity index (χ1n) is 10.7. The highest BCUT2D eigenvalue weighted by Gasteiger charge is 2.33. The highest BCUT2D eigenvalue weighted by molar-refractivity contribution is 6.37. The van der Waals surface area contributed by atoms with Crippen molar-refractivity contribution in [1.29, 1.82) is 0 Å². The predicted molar refractivity (Wildman–Crippen MR) is 122 cm³/mol. The first-order valence-corrected chi connectivity index (χ1v) is 11.5. The Morgan fingerprint density at radius 2 is 1.83 bits per heavy atom. The summed E-state index contributed by atoms with van der Waals surface area (Å²) in [5, 5.41) is 3.94. The van der Waals surface area contributed by atoms with Crippen LogP contribution < -0.4 is 0 Å². The van der Waals surface area contributed by atoms with Gasteiger partial charge < -0.3 is 4.98 Å². The smallest absolute Gasteiger partial charge is 0.358 e. The van der Waals surface area contributed by atoms with Crippen molar-refractivity contribution in [2.75, 3.05) is 19.6 Å². The van der Waals surface area contributed by atoms with Gasteiger partial charge in [-0.3, -0.25) is 19.2 Å². The van der Waals surface area contributed by atoms with Crippen molar-refractivity contribution in [3.05, 3.63) is 75.0 Å². The van der Waals surface area contributed by atoms with Gasteiger partial charge in [0.05, 0.1) is 40.1 Å². The number of carbonyl (C=O) groups excluding carboxylic acids is 2. The number of nitrogens with one attached hydrogen (secondary N) is 1. The molecule has 3 aromatic rings. The number of ketones is 2. The number of benzene rings is 1. The summed E-state index contributed by atoms with van der Waals surface area (Å²) in [6.07, 6.45) is 1.36. The van der Waals surface area contributed by atoms with Crippen LogP contribution in [0.15, 0.2) is 36.8 Å². The summed E-state index contributed by atoms with van der Waals surface area (Å²) in [7, 11) is 0. The van der Waals surface area contributed by atoms with E-state index in [1.54, 1.807) is 10.9 Å². The van der Waals surface area contributed by atoms with Crippen LogP contribution in [0.2, 0.25) is 10.0 Å². The quantitative estimate of drug-likeness (QED) is 0.248. The fourth-order valence-corrected chi connectivity index (χ4v) is 4.50. The third-order valence-electron chi connectivity index (χ3n) is 5.87. The van der Waals surface area contributed by atoms with Gasteiger partial charge in [0.1, 0.15) is 0 Å². The molecule has 35 heavy (non-hydrogen) atoms. The van der Waals surface area contributed by atoms with E-state index in [1.165, 1.54) is 35.5 Å². The second-order valence-electron chi connectivity index (χ2n) is 8.40. The summed E-state index contributed by atoms with van der Waals surface area (Å²) in [6, 6.07) is 3.84. The van der Waals surface area contributed by atoms with Crippen LogP contribution in [0.5, 0.6) is 0 Å². The summed E-state index contributed by atoms with van der Waals surface area (Å²) in [6.45, 7) is -0.293. The van der Waals surface area contributed by atoms with Gasteiger partial charge in [0, 0.05) is 37.5 Å². The number of H-pyrrole nitrogens is 1. The lowest BCUT2D eigenvalue weighted by molar-refractivity contribution is -0.148. The van der Waals surface area contributed by atoms with Gasteiger partial charge in [-0.2, -0.15) is 18.3 Å². The SMILES string of the molecule is O=C(Cc1cnn(C2CCN(CC(F)(F)F)CC2)c1)c1cc(C(=O)c2c(Cl)ccc(Cl)c2F)c[nH]1. The molecule has 0 radical (unpaired) electrons. The van der Waals surface area contributed by atoms with Gasteiger partial charge in [-0.15, -0.1) is 0 Å². The van der Waals surface area contributed by atoms with Gasteiger partial charge in [-0.25, -0.2) is 4.39 Å². The van der Waals surface area contributed by atoms with Crippen LogP contribution in [0, 0.1) is 5.82 Å². The lowest BCUT2D eigenvalue weighted by Crippen LogP contribution is -2.40. The Labute approximate surface area is 207 Å². The number of hydrogen-bond acceptors (Lipinski definition) is 4. The molecular weight excluding hydrogens is 511 g/mol. The maximum atomic E-state index is 14.3. The monoisotopic (exact) mass is 530 g/mol. The van der Waals surface area contributed by atoms with Crippen molar-refractivity contribution < 1.29 is 27.2 Å². The second-order valence-corrected chi connectivity index (χ2v) is 9.21. The molecule has 1 N–H and O–H groups in total. The van der Waals surface area contributed by atoms with Gasteiger partial charge >= 0.3 is 6.18 Å². The molecule has 186 valence electrons. The Bertz CT molecular complexity index is 1250. The number of nitrogens with zero attached hydrogens (tertiary/aromatic N) is 3. The van der Waals surface area contributed by atoms with Crippen LogP contribution in [-0.4, -0.2) is 57.0 Å². The van der Waals surface area contributed by atoms with Crippen molar-refractivity contribution in [3.8, 4) is 0 Å². The first-order chi connectivity index (χ1) is 16.5. The molecule has 1 aliphatic heterocycles. The fourth-order valence-electron chi connectivity index (χ4n) is 4.11. The standard InChI is InChI=1S/C23H20Cl2F4N4O2/c24-16-1-2-17(25)21(26)20(16)22(35)14-8-18(30-10-14)19(34)7-13-9-31-33(11-13)15-3-5-32(6-4-15)12-23(27,28)29/h1-2,8-11,15,30H,3-7,12H2. The van der Waals surface area contributed by atoms with Crippen LogP contribution >= 0.6 is 23.2 Å². The molecular formula is C23H20Cl2F4N4O2. The van der Waals surface area contributed by atoms with E-state index in [4.69, 9.17) is 23.2 Å². The van der Waals surface area contributed by atoms with Crippen molar-refractivity contribution >= 4 is 34.8 Å². The lowest BCUT2D eigenvalue weighted by atomic mass is 10.0. The Balaban J connectivity index is 1.38. The highest BCUT2D eigenvalue weighted by atomic mass is 35.5. The van der Waals surface area contributed by atoms with E-state index in [1.807, 2.05) is 0 Å². The molecule has 1 aliphatic rings. The number of piperidine rings is 1. The summed E-state index contributed by atoms with van der Waals surface area (Å²) >= 11 is 11.7. The van der Waals surface area contributed by atoms with Gasteiger partial charge in [0.25, 0.3) is 0 Å². The molecule has 0 aliphatic carbocycles. The average molecular weight is 531 g/mol. The zero-order chi connectivity index (χ0) is 25.3. The maximum absolute atomic E-state index is 14.3. The van der Waals surface area contributed by atoms with Crippen LogP contribution in [0.4, 0.5) is 17.6 Å².